The van der Waals surface area contributed by atoms with E-state index in [4.69, 9.17) is 0 Å². The minimum absolute atomic E-state index is 0.251. The molecule has 24 heavy (non-hydrogen) atoms. The molecule has 0 aliphatic carbocycles. The number of hydrogen-bond donors (Lipinski definition) is 1. The average Bonchev–Trinajstić information content (AvgIpc) is 3.13. The van der Waals surface area contributed by atoms with Crippen LogP contribution in [0.5, 0.6) is 0 Å². The Balaban J connectivity index is 1.87. The van der Waals surface area contributed by atoms with Crippen LogP contribution in [0.3, 0.4) is 0 Å². The number of carbonyl (C=O) groups is 1. The maximum absolute atomic E-state index is 11.5. The van der Waals surface area contributed by atoms with E-state index in [0.29, 0.717) is 5.69 Å². The van der Waals surface area contributed by atoms with E-state index in [1.165, 1.54) is 5.56 Å². The Morgan fingerprint density at radius 3 is 2.42 bits per heavy atom. The van der Waals surface area contributed by atoms with Crippen LogP contribution in [-0.2, 0) is 6.42 Å². The number of aromatic nitrogens is 1. The summed E-state index contributed by atoms with van der Waals surface area (Å²) in [6.45, 7) is 0. The Bertz CT molecular complexity index is 885. The number of para-hydroxylation sites is 1. The number of nitrogens with zero attached hydrogens (tertiary/aromatic N) is 1. The number of benzene rings is 2. The van der Waals surface area contributed by atoms with E-state index in [9.17, 15) is 9.90 Å². The summed E-state index contributed by atoms with van der Waals surface area (Å²) in [5, 5.41) is 9.45. The minimum atomic E-state index is -0.952. The number of carboxylic acids is 1. The standard InChI is InChI=1S/C21H17NO2/c23-21(24)19-14-8-13-18(20(19)22-15-6-7-16-22)12-5-4-11-17-9-2-1-3-10-17/h1-3,6-10,13-16H,4,11H2,(H,23,24). The van der Waals surface area contributed by atoms with Crippen molar-refractivity contribution in [3.63, 3.8) is 0 Å². The lowest BCUT2D eigenvalue weighted by Gasteiger charge is -2.10. The first-order valence-electron chi connectivity index (χ1n) is 7.78. The smallest absolute Gasteiger partial charge is 0.337 e. The van der Waals surface area contributed by atoms with Crippen molar-refractivity contribution in [2.75, 3.05) is 0 Å². The zero-order valence-corrected chi connectivity index (χ0v) is 13.1. The fraction of sp³-hybridized carbons (Fsp3) is 0.0952. The second kappa shape index (κ2) is 7.34. The predicted molar refractivity (Wildman–Crippen MR) is 94.4 cm³/mol. The fourth-order valence-electron chi connectivity index (χ4n) is 2.59. The first kappa shape index (κ1) is 15.6. The Morgan fingerprint density at radius 1 is 0.958 bits per heavy atom. The van der Waals surface area contributed by atoms with E-state index in [1.54, 1.807) is 16.7 Å². The van der Waals surface area contributed by atoms with E-state index >= 15 is 0 Å². The third kappa shape index (κ3) is 3.56. The molecular formula is C21H17NO2. The van der Waals surface area contributed by atoms with Crippen molar-refractivity contribution in [2.45, 2.75) is 12.8 Å². The van der Waals surface area contributed by atoms with Gasteiger partial charge in [0.05, 0.1) is 11.3 Å². The van der Waals surface area contributed by atoms with Crippen LogP contribution in [0, 0.1) is 11.8 Å². The highest BCUT2D eigenvalue weighted by atomic mass is 16.4. The Kier molecular flexibility index (Phi) is 4.78. The summed E-state index contributed by atoms with van der Waals surface area (Å²) >= 11 is 0. The maximum Gasteiger partial charge on any atom is 0.337 e. The van der Waals surface area contributed by atoms with Crippen molar-refractivity contribution >= 4 is 5.97 Å². The molecule has 1 N–H and O–H groups in total. The molecule has 0 radical (unpaired) electrons. The van der Waals surface area contributed by atoms with Gasteiger partial charge in [0, 0.05) is 24.4 Å². The highest BCUT2D eigenvalue weighted by Crippen LogP contribution is 2.20. The highest BCUT2D eigenvalue weighted by molar-refractivity contribution is 5.93. The molecule has 1 heterocycles. The molecule has 3 heteroatoms. The minimum Gasteiger partial charge on any atom is -0.478 e. The molecule has 1 aromatic heterocycles. The van der Waals surface area contributed by atoms with E-state index in [2.05, 4.69) is 24.0 Å². The molecule has 0 saturated heterocycles. The number of aromatic carboxylic acids is 1. The molecule has 0 aliphatic rings. The topological polar surface area (TPSA) is 42.2 Å². The van der Waals surface area contributed by atoms with Crippen LogP contribution < -0.4 is 0 Å². The number of carboxylic acid groups (broad SMARTS) is 1. The summed E-state index contributed by atoms with van der Waals surface area (Å²) in [6, 6.07) is 19.1. The summed E-state index contributed by atoms with van der Waals surface area (Å²) < 4.78 is 1.80. The van der Waals surface area contributed by atoms with Crippen molar-refractivity contribution in [1.29, 1.82) is 0 Å². The first-order valence-corrected chi connectivity index (χ1v) is 7.78. The Labute approximate surface area is 141 Å². The lowest BCUT2D eigenvalue weighted by Crippen LogP contribution is -2.06. The van der Waals surface area contributed by atoms with Crippen LogP contribution in [0.2, 0.25) is 0 Å². The molecule has 0 aliphatic heterocycles. The summed E-state index contributed by atoms with van der Waals surface area (Å²) in [7, 11) is 0. The molecule has 0 atom stereocenters. The third-order valence-corrected chi connectivity index (χ3v) is 3.73. The van der Waals surface area contributed by atoms with Crippen LogP contribution in [-0.4, -0.2) is 15.6 Å². The molecule has 3 aromatic rings. The Hall–Kier alpha value is -3.25. The normalized spacial score (nSPS) is 10.0. The summed E-state index contributed by atoms with van der Waals surface area (Å²) in [5.74, 6) is 5.34. The monoisotopic (exact) mass is 315 g/mol. The lowest BCUT2D eigenvalue weighted by molar-refractivity contribution is 0.0697. The van der Waals surface area contributed by atoms with Crippen LogP contribution >= 0.6 is 0 Å². The molecule has 0 spiro atoms. The van der Waals surface area contributed by atoms with Crippen molar-refractivity contribution in [3.8, 4) is 17.5 Å². The number of aryl methyl sites for hydroxylation is 1. The van der Waals surface area contributed by atoms with E-state index in [1.807, 2.05) is 48.8 Å². The van der Waals surface area contributed by atoms with Crippen molar-refractivity contribution < 1.29 is 9.90 Å². The van der Waals surface area contributed by atoms with Crippen LogP contribution in [0.15, 0.2) is 73.1 Å². The van der Waals surface area contributed by atoms with Gasteiger partial charge < -0.3 is 9.67 Å². The van der Waals surface area contributed by atoms with Crippen molar-refractivity contribution in [3.05, 3.63) is 89.7 Å². The second-order valence-corrected chi connectivity index (χ2v) is 5.38. The summed E-state index contributed by atoms with van der Waals surface area (Å²) in [4.78, 5) is 11.5. The molecule has 0 bridgehead atoms. The van der Waals surface area contributed by atoms with E-state index in [-0.39, 0.29) is 5.56 Å². The van der Waals surface area contributed by atoms with Gasteiger partial charge >= 0.3 is 5.97 Å². The van der Waals surface area contributed by atoms with Gasteiger partial charge in [-0.3, -0.25) is 0 Å². The molecule has 2 aromatic carbocycles. The van der Waals surface area contributed by atoms with E-state index in [0.717, 1.165) is 18.4 Å². The lowest BCUT2D eigenvalue weighted by atomic mass is 10.1. The zero-order valence-electron chi connectivity index (χ0n) is 13.1. The van der Waals surface area contributed by atoms with Crippen molar-refractivity contribution in [2.24, 2.45) is 0 Å². The number of rotatable bonds is 4. The van der Waals surface area contributed by atoms with Gasteiger partial charge in [-0.05, 0) is 36.2 Å². The summed E-state index contributed by atoms with van der Waals surface area (Å²) in [6.07, 6.45) is 5.27. The van der Waals surface area contributed by atoms with Gasteiger partial charge in [0.1, 0.15) is 0 Å². The maximum atomic E-state index is 11.5. The van der Waals surface area contributed by atoms with Crippen molar-refractivity contribution in [1.82, 2.24) is 4.57 Å². The molecule has 3 rings (SSSR count). The SMILES string of the molecule is O=C(O)c1cccc(C#CCCc2ccccc2)c1-n1cccc1. The molecule has 0 saturated carbocycles. The van der Waals surface area contributed by atoms with E-state index < -0.39 is 5.97 Å². The molecule has 3 nitrogen and oxygen atoms in total. The molecule has 0 unspecified atom stereocenters. The van der Waals surface area contributed by atoms with Crippen LogP contribution in [0.1, 0.15) is 27.9 Å². The van der Waals surface area contributed by atoms with Gasteiger partial charge in [-0.1, -0.05) is 48.2 Å². The van der Waals surface area contributed by atoms with Crippen LogP contribution in [0.4, 0.5) is 0 Å². The van der Waals surface area contributed by atoms with Gasteiger partial charge in [0.25, 0.3) is 0 Å². The highest BCUT2D eigenvalue weighted by Gasteiger charge is 2.14. The first-order chi connectivity index (χ1) is 11.8. The molecule has 0 fully saturated rings. The molecular weight excluding hydrogens is 298 g/mol. The zero-order chi connectivity index (χ0) is 16.8. The fourth-order valence-corrected chi connectivity index (χ4v) is 2.59. The predicted octanol–water partition coefficient (Wildman–Crippen LogP) is 4.16. The van der Waals surface area contributed by atoms with Crippen LogP contribution in [0.25, 0.3) is 5.69 Å². The number of hydrogen-bond acceptors (Lipinski definition) is 1. The van der Waals surface area contributed by atoms with Gasteiger partial charge in [-0.2, -0.15) is 0 Å². The van der Waals surface area contributed by atoms with Gasteiger partial charge in [-0.15, -0.1) is 0 Å². The Morgan fingerprint density at radius 2 is 1.71 bits per heavy atom. The largest absolute Gasteiger partial charge is 0.478 e. The molecule has 0 amide bonds. The third-order valence-electron chi connectivity index (χ3n) is 3.73. The quantitative estimate of drug-likeness (QED) is 0.735. The van der Waals surface area contributed by atoms with Gasteiger partial charge in [-0.25, -0.2) is 4.79 Å². The van der Waals surface area contributed by atoms with Gasteiger partial charge in [0.15, 0.2) is 0 Å². The molecule has 118 valence electrons. The van der Waals surface area contributed by atoms with Gasteiger partial charge in [0.2, 0.25) is 0 Å². The summed E-state index contributed by atoms with van der Waals surface area (Å²) in [5.41, 5.74) is 2.83. The second-order valence-electron chi connectivity index (χ2n) is 5.38. The average molecular weight is 315 g/mol.